The molecule has 2 N–H and O–H groups in total. The summed E-state index contributed by atoms with van der Waals surface area (Å²) in [5.41, 5.74) is 8.37. The number of nitrogens with zero attached hydrogens (tertiary/aromatic N) is 1. The van der Waals surface area contributed by atoms with Crippen LogP contribution in [0.15, 0.2) is 24.3 Å². The van der Waals surface area contributed by atoms with E-state index in [1.807, 2.05) is 0 Å². The van der Waals surface area contributed by atoms with Crippen molar-refractivity contribution in [1.29, 1.82) is 0 Å². The first-order valence-corrected chi connectivity index (χ1v) is 6.13. The molecular weight excluding hydrogens is 196 g/mol. The van der Waals surface area contributed by atoms with E-state index in [2.05, 4.69) is 49.9 Å². The molecule has 0 spiro atoms. The first-order valence-electron chi connectivity index (χ1n) is 6.13. The highest BCUT2D eigenvalue weighted by Crippen LogP contribution is 2.12. The van der Waals surface area contributed by atoms with Gasteiger partial charge in [-0.2, -0.15) is 0 Å². The molecule has 0 aliphatic carbocycles. The Morgan fingerprint density at radius 3 is 2.50 bits per heavy atom. The van der Waals surface area contributed by atoms with Crippen LogP contribution in [0.3, 0.4) is 0 Å². The normalized spacial score (nSPS) is 11.4. The first kappa shape index (κ1) is 13.2. The summed E-state index contributed by atoms with van der Waals surface area (Å²) in [7, 11) is 0. The third-order valence-corrected chi connectivity index (χ3v) is 3.01. The molecule has 0 aromatic heterocycles. The molecular formula is C14H24N2. The van der Waals surface area contributed by atoms with E-state index in [1.165, 1.54) is 11.1 Å². The van der Waals surface area contributed by atoms with Gasteiger partial charge in [0.25, 0.3) is 0 Å². The zero-order valence-electron chi connectivity index (χ0n) is 10.7. The van der Waals surface area contributed by atoms with E-state index in [0.29, 0.717) is 6.04 Å². The average molecular weight is 220 g/mol. The maximum Gasteiger partial charge on any atom is 0.0239 e. The largest absolute Gasteiger partial charge is 0.330 e. The van der Waals surface area contributed by atoms with E-state index in [0.717, 1.165) is 26.1 Å². The van der Waals surface area contributed by atoms with Crippen LogP contribution in [0, 0.1) is 6.92 Å². The number of aryl methyl sites for hydroxylation is 1. The number of benzene rings is 1. The van der Waals surface area contributed by atoms with Crippen LogP contribution in [0.4, 0.5) is 0 Å². The van der Waals surface area contributed by atoms with Gasteiger partial charge in [0.15, 0.2) is 0 Å². The molecule has 2 nitrogen and oxygen atoms in total. The second-order valence-electron chi connectivity index (χ2n) is 4.63. The highest BCUT2D eigenvalue weighted by atomic mass is 15.1. The molecule has 1 aromatic carbocycles. The van der Waals surface area contributed by atoms with Crippen LogP contribution in [0.25, 0.3) is 0 Å². The Kier molecular flexibility index (Phi) is 5.50. The van der Waals surface area contributed by atoms with Gasteiger partial charge in [0.2, 0.25) is 0 Å². The molecule has 0 aliphatic heterocycles. The first-order chi connectivity index (χ1) is 7.65. The molecule has 1 aromatic rings. The van der Waals surface area contributed by atoms with Crippen molar-refractivity contribution in [3.63, 3.8) is 0 Å². The summed E-state index contributed by atoms with van der Waals surface area (Å²) in [4.78, 5) is 2.48. The van der Waals surface area contributed by atoms with Crippen LogP contribution in [0.2, 0.25) is 0 Å². The van der Waals surface area contributed by atoms with Crippen molar-refractivity contribution in [3.05, 3.63) is 35.4 Å². The van der Waals surface area contributed by atoms with E-state index in [4.69, 9.17) is 5.73 Å². The Morgan fingerprint density at radius 2 is 1.94 bits per heavy atom. The number of rotatable bonds is 6. The number of hydrogen-bond donors (Lipinski definition) is 1. The highest BCUT2D eigenvalue weighted by molar-refractivity contribution is 5.25. The minimum absolute atomic E-state index is 0.575. The van der Waals surface area contributed by atoms with Gasteiger partial charge in [0.1, 0.15) is 0 Å². The Bertz CT molecular complexity index is 307. The van der Waals surface area contributed by atoms with E-state index in [1.54, 1.807) is 0 Å². The van der Waals surface area contributed by atoms with Crippen LogP contribution in [0.5, 0.6) is 0 Å². The van der Waals surface area contributed by atoms with Gasteiger partial charge in [-0.05, 0) is 51.4 Å². The molecule has 0 bridgehead atoms. The molecule has 0 unspecified atom stereocenters. The van der Waals surface area contributed by atoms with Crippen LogP contribution in [-0.4, -0.2) is 24.0 Å². The van der Waals surface area contributed by atoms with Gasteiger partial charge in [-0.15, -0.1) is 0 Å². The maximum atomic E-state index is 5.57. The smallest absolute Gasteiger partial charge is 0.0239 e. The van der Waals surface area contributed by atoms with E-state index >= 15 is 0 Å². The fourth-order valence-corrected chi connectivity index (χ4v) is 1.82. The number of nitrogens with two attached hydrogens (primary N) is 1. The Morgan fingerprint density at radius 1 is 1.25 bits per heavy atom. The second-order valence-corrected chi connectivity index (χ2v) is 4.63. The van der Waals surface area contributed by atoms with Crippen molar-refractivity contribution in [1.82, 2.24) is 4.90 Å². The Hall–Kier alpha value is -0.860. The third kappa shape index (κ3) is 3.95. The second kappa shape index (κ2) is 6.66. The van der Waals surface area contributed by atoms with E-state index < -0.39 is 0 Å². The lowest BCUT2D eigenvalue weighted by atomic mass is 10.1. The molecule has 0 saturated carbocycles. The maximum absolute atomic E-state index is 5.57. The minimum atomic E-state index is 0.575. The molecule has 1 rings (SSSR count). The summed E-state index contributed by atoms with van der Waals surface area (Å²) in [6.45, 7) is 9.56. The molecule has 0 atom stereocenters. The van der Waals surface area contributed by atoms with Crippen molar-refractivity contribution in [2.75, 3.05) is 13.1 Å². The molecule has 0 radical (unpaired) electrons. The van der Waals surface area contributed by atoms with Gasteiger partial charge in [-0.1, -0.05) is 24.3 Å². The van der Waals surface area contributed by atoms with E-state index in [9.17, 15) is 0 Å². The van der Waals surface area contributed by atoms with E-state index in [-0.39, 0.29) is 0 Å². The van der Waals surface area contributed by atoms with Crippen LogP contribution in [0.1, 0.15) is 31.4 Å². The van der Waals surface area contributed by atoms with Crippen molar-refractivity contribution < 1.29 is 0 Å². The van der Waals surface area contributed by atoms with Crippen molar-refractivity contribution in [2.45, 2.75) is 39.8 Å². The summed E-state index contributed by atoms with van der Waals surface area (Å²) in [6.07, 6.45) is 1.07. The molecule has 0 heterocycles. The topological polar surface area (TPSA) is 29.3 Å². The zero-order chi connectivity index (χ0) is 12.0. The number of hydrogen-bond acceptors (Lipinski definition) is 2. The van der Waals surface area contributed by atoms with Gasteiger partial charge in [0.05, 0.1) is 0 Å². The lowest BCUT2D eigenvalue weighted by Crippen LogP contribution is -2.32. The molecule has 90 valence electrons. The van der Waals surface area contributed by atoms with Gasteiger partial charge in [-0.3, -0.25) is 4.90 Å². The van der Waals surface area contributed by atoms with Crippen molar-refractivity contribution in [2.24, 2.45) is 5.73 Å². The highest BCUT2D eigenvalue weighted by Gasteiger charge is 2.10. The SMILES string of the molecule is Cc1ccccc1CN(CCCN)C(C)C. The fourth-order valence-electron chi connectivity index (χ4n) is 1.82. The Balaban J connectivity index is 2.64. The van der Waals surface area contributed by atoms with Gasteiger partial charge >= 0.3 is 0 Å². The van der Waals surface area contributed by atoms with Gasteiger partial charge in [0, 0.05) is 12.6 Å². The van der Waals surface area contributed by atoms with Gasteiger partial charge < -0.3 is 5.73 Å². The summed E-state index contributed by atoms with van der Waals surface area (Å²) < 4.78 is 0. The quantitative estimate of drug-likeness (QED) is 0.798. The summed E-state index contributed by atoms with van der Waals surface area (Å²) in [5.74, 6) is 0. The zero-order valence-corrected chi connectivity index (χ0v) is 10.7. The van der Waals surface area contributed by atoms with Crippen LogP contribution >= 0.6 is 0 Å². The Labute approximate surface area is 99.5 Å². The molecule has 2 heteroatoms. The van der Waals surface area contributed by atoms with Gasteiger partial charge in [-0.25, -0.2) is 0 Å². The van der Waals surface area contributed by atoms with Crippen molar-refractivity contribution in [3.8, 4) is 0 Å². The molecule has 0 aliphatic rings. The molecule has 0 fully saturated rings. The standard InChI is InChI=1S/C14H24N2/c1-12(2)16(10-6-9-15)11-14-8-5-4-7-13(14)3/h4-5,7-8,12H,6,9-11,15H2,1-3H3. The third-order valence-electron chi connectivity index (χ3n) is 3.01. The van der Waals surface area contributed by atoms with Crippen LogP contribution < -0.4 is 5.73 Å². The minimum Gasteiger partial charge on any atom is -0.330 e. The molecule has 16 heavy (non-hydrogen) atoms. The average Bonchev–Trinajstić information content (AvgIpc) is 2.26. The molecule has 0 amide bonds. The lowest BCUT2D eigenvalue weighted by molar-refractivity contribution is 0.211. The lowest BCUT2D eigenvalue weighted by Gasteiger charge is -2.27. The van der Waals surface area contributed by atoms with Crippen LogP contribution in [-0.2, 0) is 6.54 Å². The summed E-state index contributed by atoms with van der Waals surface area (Å²) >= 11 is 0. The van der Waals surface area contributed by atoms with Crippen molar-refractivity contribution >= 4 is 0 Å². The predicted molar refractivity (Wildman–Crippen MR) is 70.4 cm³/mol. The monoisotopic (exact) mass is 220 g/mol. The fraction of sp³-hybridized carbons (Fsp3) is 0.571. The summed E-state index contributed by atoms with van der Waals surface area (Å²) in [6, 6.07) is 9.18. The predicted octanol–water partition coefficient (Wildman–Crippen LogP) is 2.55. The summed E-state index contributed by atoms with van der Waals surface area (Å²) in [5, 5.41) is 0. The molecule has 0 saturated heterocycles.